The molecule has 0 unspecified atom stereocenters. The molecule has 3 aromatic rings. The molecule has 0 saturated carbocycles. The summed E-state index contributed by atoms with van der Waals surface area (Å²) >= 11 is 0. The van der Waals surface area contributed by atoms with Crippen molar-refractivity contribution in [2.45, 2.75) is 19.8 Å². The van der Waals surface area contributed by atoms with E-state index in [9.17, 15) is 0 Å². The van der Waals surface area contributed by atoms with Crippen LogP contribution >= 0.6 is 24.0 Å². The third kappa shape index (κ3) is 7.36. The highest BCUT2D eigenvalue weighted by Crippen LogP contribution is 2.27. The van der Waals surface area contributed by atoms with E-state index in [1.54, 1.807) is 20.4 Å². The first-order valence-corrected chi connectivity index (χ1v) is 10.2. The Kier molecular flexibility index (Phi) is 10.7. The van der Waals surface area contributed by atoms with Gasteiger partial charge in [-0.2, -0.15) is 4.98 Å². The lowest BCUT2D eigenvalue weighted by Crippen LogP contribution is -2.38. The van der Waals surface area contributed by atoms with Gasteiger partial charge in [-0.15, -0.1) is 24.0 Å². The van der Waals surface area contributed by atoms with E-state index in [2.05, 4.69) is 30.8 Å². The fourth-order valence-electron chi connectivity index (χ4n) is 2.92. The van der Waals surface area contributed by atoms with Gasteiger partial charge in [-0.05, 0) is 43.2 Å². The predicted molar refractivity (Wildman–Crippen MR) is 134 cm³/mol. The highest BCUT2D eigenvalue weighted by Gasteiger charge is 2.09. The van der Waals surface area contributed by atoms with Crippen LogP contribution in [0.3, 0.4) is 0 Å². The molecule has 172 valence electrons. The Hall–Kier alpha value is -2.89. The zero-order valence-electron chi connectivity index (χ0n) is 18.5. The van der Waals surface area contributed by atoms with E-state index >= 15 is 0 Å². The summed E-state index contributed by atoms with van der Waals surface area (Å²) in [7, 11) is 3.27. The van der Waals surface area contributed by atoms with Crippen LogP contribution in [0.1, 0.15) is 18.3 Å². The number of aliphatic imine (C=N–C) groups is 1. The minimum Gasteiger partial charge on any atom is -0.493 e. The molecule has 10 heteroatoms. The molecule has 0 amide bonds. The Morgan fingerprint density at radius 1 is 1.06 bits per heavy atom. The van der Waals surface area contributed by atoms with Gasteiger partial charge in [0.1, 0.15) is 5.69 Å². The molecule has 0 aliphatic carbocycles. The van der Waals surface area contributed by atoms with Crippen LogP contribution in [0, 0.1) is 0 Å². The SMILES string of the molecule is CCNC(=NCCc1noc(-c2ccccn2)n1)NCCc1ccc(OC)c(OC)c1.I. The number of rotatable bonds is 10. The van der Waals surface area contributed by atoms with Crippen LogP contribution in [0.25, 0.3) is 11.6 Å². The Labute approximate surface area is 205 Å². The molecule has 0 radical (unpaired) electrons. The number of pyridine rings is 1. The first kappa shape index (κ1) is 25.4. The molecule has 2 heterocycles. The van der Waals surface area contributed by atoms with Crippen molar-refractivity contribution in [2.75, 3.05) is 33.9 Å². The van der Waals surface area contributed by atoms with Crippen molar-refractivity contribution in [3.8, 4) is 23.1 Å². The first-order chi connectivity index (χ1) is 15.2. The van der Waals surface area contributed by atoms with Crippen molar-refractivity contribution in [1.82, 2.24) is 25.8 Å². The van der Waals surface area contributed by atoms with E-state index in [-0.39, 0.29) is 24.0 Å². The number of methoxy groups -OCH3 is 2. The fraction of sp³-hybridized carbons (Fsp3) is 0.364. The van der Waals surface area contributed by atoms with Gasteiger partial charge in [-0.25, -0.2) is 0 Å². The van der Waals surface area contributed by atoms with Crippen molar-refractivity contribution in [3.63, 3.8) is 0 Å². The molecule has 2 N–H and O–H groups in total. The van der Waals surface area contributed by atoms with Crippen molar-refractivity contribution in [1.29, 1.82) is 0 Å². The van der Waals surface area contributed by atoms with Gasteiger partial charge >= 0.3 is 0 Å². The lowest BCUT2D eigenvalue weighted by Gasteiger charge is -2.12. The largest absolute Gasteiger partial charge is 0.493 e. The molecule has 0 aliphatic heterocycles. The lowest BCUT2D eigenvalue weighted by atomic mass is 10.1. The monoisotopic (exact) mass is 552 g/mol. The average molecular weight is 552 g/mol. The molecule has 9 nitrogen and oxygen atoms in total. The normalized spacial score (nSPS) is 10.9. The lowest BCUT2D eigenvalue weighted by molar-refractivity contribution is 0.354. The van der Waals surface area contributed by atoms with E-state index in [1.165, 1.54) is 0 Å². The van der Waals surface area contributed by atoms with E-state index in [4.69, 9.17) is 14.0 Å². The second kappa shape index (κ2) is 13.5. The fourth-order valence-corrected chi connectivity index (χ4v) is 2.92. The summed E-state index contributed by atoms with van der Waals surface area (Å²) in [6.45, 7) is 4.07. The number of hydrogen-bond acceptors (Lipinski definition) is 7. The Morgan fingerprint density at radius 2 is 1.91 bits per heavy atom. The number of benzene rings is 1. The summed E-state index contributed by atoms with van der Waals surface area (Å²) in [4.78, 5) is 13.2. The molecule has 0 bridgehead atoms. The minimum absolute atomic E-state index is 0. The molecule has 2 aromatic heterocycles. The van der Waals surface area contributed by atoms with Crippen LogP contribution in [-0.4, -0.2) is 54.9 Å². The maximum atomic E-state index is 5.36. The number of guanidine groups is 1. The predicted octanol–water partition coefficient (Wildman–Crippen LogP) is 3.11. The Balaban J connectivity index is 0.00000363. The third-order valence-corrected chi connectivity index (χ3v) is 4.46. The molecule has 0 saturated heterocycles. The summed E-state index contributed by atoms with van der Waals surface area (Å²) < 4.78 is 15.9. The van der Waals surface area contributed by atoms with Crippen LogP contribution in [0.2, 0.25) is 0 Å². The van der Waals surface area contributed by atoms with Crippen LogP contribution in [0.15, 0.2) is 52.1 Å². The van der Waals surface area contributed by atoms with Gasteiger partial charge in [0.15, 0.2) is 23.3 Å². The molecule has 0 spiro atoms. The van der Waals surface area contributed by atoms with Crippen molar-refractivity contribution >= 4 is 29.9 Å². The maximum Gasteiger partial charge on any atom is 0.276 e. The third-order valence-electron chi connectivity index (χ3n) is 4.46. The van der Waals surface area contributed by atoms with E-state index < -0.39 is 0 Å². The van der Waals surface area contributed by atoms with Gasteiger partial charge in [0.05, 0.1) is 14.2 Å². The van der Waals surface area contributed by atoms with Crippen LogP contribution in [0.5, 0.6) is 11.5 Å². The molecular weight excluding hydrogens is 523 g/mol. The average Bonchev–Trinajstić information content (AvgIpc) is 3.28. The zero-order chi connectivity index (χ0) is 21.9. The summed E-state index contributed by atoms with van der Waals surface area (Å²) in [6, 6.07) is 11.5. The number of aromatic nitrogens is 3. The van der Waals surface area contributed by atoms with E-state index in [1.807, 2.05) is 43.3 Å². The van der Waals surface area contributed by atoms with Gasteiger partial charge in [-0.3, -0.25) is 9.98 Å². The molecule has 0 aliphatic rings. The van der Waals surface area contributed by atoms with E-state index in [0.717, 1.165) is 42.5 Å². The van der Waals surface area contributed by atoms with Crippen molar-refractivity contribution in [3.05, 3.63) is 54.0 Å². The first-order valence-electron chi connectivity index (χ1n) is 10.2. The number of nitrogens with zero attached hydrogens (tertiary/aromatic N) is 4. The molecule has 0 fully saturated rings. The van der Waals surface area contributed by atoms with Crippen molar-refractivity contribution in [2.24, 2.45) is 4.99 Å². The summed E-state index contributed by atoms with van der Waals surface area (Å²) in [5.41, 5.74) is 1.81. The second-order valence-corrected chi connectivity index (χ2v) is 6.61. The molecular formula is C22H29IN6O3. The Morgan fingerprint density at radius 3 is 2.62 bits per heavy atom. The van der Waals surface area contributed by atoms with Gasteiger partial charge in [0.25, 0.3) is 5.89 Å². The quantitative estimate of drug-likeness (QED) is 0.225. The molecule has 1 aromatic carbocycles. The molecule has 3 rings (SSSR count). The summed E-state index contributed by atoms with van der Waals surface area (Å²) in [6.07, 6.45) is 3.09. The van der Waals surface area contributed by atoms with E-state index in [0.29, 0.717) is 30.4 Å². The number of nitrogens with one attached hydrogen (secondary N) is 2. The minimum atomic E-state index is 0. The topological polar surface area (TPSA) is 107 Å². The van der Waals surface area contributed by atoms with Crippen LogP contribution in [-0.2, 0) is 12.8 Å². The highest BCUT2D eigenvalue weighted by atomic mass is 127. The number of hydrogen-bond donors (Lipinski definition) is 2. The highest BCUT2D eigenvalue weighted by molar-refractivity contribution is 14.0. The van der Waals surface area contributed by atoms with Crippen LogP contribution in [0.4, 0.5) is 0 Å². The summed E-state index contributed by atoms with van der Waals surface area (Å²) in [5, 5.41) is 10.6. The van der Waals surface area contributed by atoms with Gasteiger partial charge in [0.2, 0.25) is 0 Å². The summed E-state index contributed by atoms with van der Waals surface area (Å²) in [5.74, 6) is 3.22. The van der Waals surface area contributed by atoms with Gasteiger partial charge in [-0.1, -0.05) is 17.3 Å². The van der Waals surface area contributed by atoms with Crippen molar-refractivity contribution < 1.29 is 14.0 Å². The Bertz CT molecular complexity index is 981. The van der Waals surface area contributed by atoms with Gasteiger partial charge < -0.3 is 24.6 Å². The zero-order valence-corrected chi connectivity index (χ0v) is 20.8. The molecule has 0 atom stereocenters. The standard InChI is InChI=1S/C22H28N6O3.HI/c1-4-23-22(25-13-10-16-8-9-18(29-2)19(15-16)30-3)26-14-11-20-27-21(31-28-20)17-7-5-6-12-24-17;/h5-9,12,15H,4,10-11,13-14H2,1-3H3,(H2,23,25,26);1H. The molecule has 32 heavy (non-hydrogen) atoms. The van der Waals surface area contributed by atoms with Crippen LogP contribution < -0.4 is 20.1 Å². The van der Waals surface area contributed by atoms with Gasteiger partial charge in [0, 0.05) is 32.3 Å². The number of ether oxygens (including phenoxy) is 2. The smallest absolute Gasteiger partial charge is 0.276 e. The second-order valence-electron chi connectivity index (χ2n) is 6.61. The maximum absolute atomic E-state index is 5.36. The number of halogens is 1.